The molecule has 0 atom stereocenters. The molecule has 37 heavy (non-hydrogen) atoms. The number of nitrogens with zero attached hydrogens (tertiary/aromatic N) is 2. The molecule has 1 N–H and O–H groups in total. The number of aromatic nitrogens is 2. The molecular weight excluding hydrogens is 497 g/mol. The van der Waals surface area contributed by atoms with E-state index in [-0.39, 0.29) is 29.7 Å². The quantitative estimate of drug-likeness (QED) is 0.337. The van der Waals surface area contributed by atoms with Gasteiger partial charge in [0.25, 0.3) is 10.0 Å². The highest BCUT2D eigenvalue weighted by atomic mass is 32.2. The smallest absolute Gasteiger partial charge is 0.268 e. The van der Waals surface area contributed by atoms with Crippen molar-refractivity contribution in [3.63, 3.8) is 0 Å². The summed E-state index contributed by atoms with van der Waals surface area (Å²) in [6.45, 7) is 1.94. The van der Waals surface area contributed by atoms with E-state index in [2.05, 4.69) is 10.5 Å². The van der Waals surface area contributed by atoms with Gasteiger partial charge in [-0.15, -0.1) is 0 Å². The molecule has 6 rings (SSSR count). The monoisotopic (exact) mass is 523 g/mol. The van der Waals surface area contributed by atoms with Gasteiger partial charge < -0.3 is 14.6 Å². The van der Waals surface area contributed by atoms with Gasteiger partial charge in [-0.2, -0.15) is 0 Å². The number of hydrogen-bond donors (Lipinski definition) is 1. The van der Waals surface area contributed by atoms with E-state index in [1.54, 1.807) is 42.5 Å². The number of fused-ring (bicyclic) bond motifs is 1. The summed E-state index contributed by atoms with van der Waals surface area (Å²) in [4.78, 5) is 12.7. The van der Waals surface area contributed by atoms with Gasteiger partial charge in [-0.3, -0.25) is 4.79 Å². The lowest BCUT2D eigenvalue weighted by molar-refractivity contribution is -0.125. The van der Waals surface area contributed by atoms with Crippen LogP contribution in [0, 0.1) is 5.41 Å². The molecule has 2 aliphatic carbocycles. The van der Waals surface area contributed by atoms with Crippen molar-refractivity contribution < 1.29 is 26.9 Å². The second kappa shape index (κ2) is 8.44. The zero-order valence-corrected chi connectivity index (χ0v) is 21.1. The van der Waals surface area contributed by atoms with E-state index in [9.17, 15) is 13.2 Å². The maximum atomic E-state index is 15.4. The molecule has 0 bridgehead atoms. The first-order valence-corrected chi connectivity index (χ1v) is 13.6. The summed E-state index contributed by atoms with van der Waals surface area (Å²) in [5.74, 6) is 0.138. The number of ether oxygens (including phenoxy) is 1. The van der Waals surface area contributed by atoms with Crippen LogP contribution in [-0.4, -0.2) is 23.5 Å². The Morgan fingerprint density at radius 1 is 1.14 bits per heavy atom. The highest BCUT2D eigenvalue weighted by molar-refractivity contribution is 7.90. The Morgan fingerprint density at radius 2 is 1.89 bits per heavy atom. The van der Waals surface area contributed by atoms with E-state index >= 15 is 4.39 Å². The van der Waals surface area contributed by atoms with E-state index in [0.29, 0.717) is 40.7 Å². The van der Waals surface area contributed by atoms with Gasteiger partial charge in [0.2, 0.25) is 5.91 Å². The number of alkyl halides is 1. The van der Waals surface area contributed by atoms with Crippen molar-refractivity contribution >= 4 is 26.8 Å². The molecule has 2 heterocycles. The van der Waals surface area contributed by atoms with E-state index in [1.165, 1.54) is 22.4 Å². The Labute approximate surface area is 213 Å². The lowest BCUT2D eigenvalue weighted by Gasteiger charge is -2.16. The molecule has 4 aromatic rings. The number of benzene rings is 2. The van der Waals surface area contributed by atoms with Crippen LogP contribution in [-0.2, 0) is 33.6 Å². The fraction of sp³-hybridized carbons (Fsp3) is 0.333. The fourth-order valence-corrected chi connectivity index (χ4v) is 6.04. The van der Waals surface area contributed by atoms with Gasteiger partial charge in [0.05, 0.1) is 22.7 Å². The number of hydrogen-bond acceptors (Lipinski definition) is 6. The number of nitrogens with one attached hydrogen (secondary N) is 1. The summed E-state index contributed by atoms with van der Waals surface area (Å²) < 4.78 is 55.1. The summed E-state index contributed by atoms with van der Waals surface area (Å²) in [5.41, 5.74) is -0.314. The van der Waals surface area contributed by atoms with Crippen LogP contribution in [0.3, 0.4) is 0 Å². The third-order valence-electron chi connectivity index (χ3n) is 7.23. The Hall–Kier alpha value is -3.66. The predicted molar refractivity (Wildman–Crippen MR) is 133 cm³/mol. The van der Waals surface area contributed by atoms with E-state index in [4.69, 9.17) is 9.26 Å². The molecule has 10 heteroatoms. The van der Waals surface area contributed by atoms with E-state index in [1.807, 2.05) is 6.92 Å². The molecule has 1 amide bonds. The third-order valence-corrected chi connectivity index (χ3v) is 9.01. The fourth-order valence-electron chi connectivity index (χ4n) is 4.49. The average Bonchev–Trinajstić information content (AvgIpc) is 3.70. The van der Waals surface area contributed by atoms with Crippen molar-refractivity contribution in [3.05, 3.63) is 77.8 Å². The van der Waals surface area contributed by atoms with Crippen molar-refractivity contribution in [2.24, 2.45) is 5.41 Å². The van der Waals surface area contributed by atoms with Crippen LogP contribution in [0.4, 0.5) is 4.39 Å². The Balaban J connectivity index is 1.48. The summed E-state index contributed by atoms with van der Waals surface area (Å²) >= 11 is 0. The van der Waals surface area contributed by atoms with Crippen LogP contribution in [0.1, 0.15) is 49.6 Å². The lowest BCUT2D eigenvalue weighted by atomic mass is 10.0. The second-order valence-electron chi connectivity index (χ2n) is 10.1. The van der Waals surface area contributed by atoms with Gasteiger partial charge >= 0.3 is 0 Å². The minimum Gasteiger partial charge on any atom is -0.487 e. The lowest BCUT2D eigenvalue weighted by Crippen LogP contribution is -2.31. The van der Waals surface area contributed by atoms with Crippen LogP contribution < -0.4 is 10.1 Å². The van der Waals surface area contributed by atoms with E-state index in [0.717, 1.165) is 12.8 Å². The average molecular weight is 524 g/mol. The van der Waals surface area contributed by atoms with Crippen LogP contribution in [0.2, 0.25) is 0 Å². The van der Waals surface area contributed by atoms with Crippen molar-refractivity contribution in [2.75, 3.05) is 0 Å². The zero-order valence-electron chi connectivity index (χ0n) is 20.2. The Bertz CT molecular complexity index is 1590. The SMILES string of the molecule is CC1(C(=O)NCc2cc3cc(C4(F)CC4)c(OCc4ccon4)cc3n2S(=O)(=O)c2ccccc2)CC1. The maximum absolute atomic E-state index is 15.4. The van der Waals surface area contributed by atoms with Gasteiger partial charge in [-0.1, -0.05) is 30.3 Å². The van der Waals surface area contributed by atoms with Gasteiger partial charge in [0, 0.05) is 28.5 Å². The van der Waals surface area contributed by atoms with Crippen LogP contribution in [0.5, 0.6) is 5.75 Å². The van der Waals surface area contributed by atoms with Crippen LogP contribution in [0.15, 0.2) is 70.3 Å². The highest BCUT2D eigenvalue weighted by Crippen LogP contribution is 2.53. The first-order chi connectivity index (χ1) is 17.7. The minimum absolute atomic E-state index is 0.0143. The van der Waals surface area contributed by atoms with Crippen molar-refractivity contribution in [1.82, 2.24) is 14.4 Å². The van der Waals surface area contributed by atoms with E-state index < -0.39 is 21.1 Å². The standard InChI is InChI=1S/C27H26FN3O5S/c1-26(8-9-26)25(32)29-16-20-13-18-14-22(27(28)10-11-27)24(35-17-19-7-12-36-30-19)15-23(18)31(20)37(33,34)21-5-3-2-4-6-21/h2-7,12-15H,8-11,16-17H2,1H3,(H,29,32). The number of carbonyl (C=O) groups excluding carboxylic acids is 1. The number of carbonyl (C=O) groups is 1. The summed E-state index contributed by atoms with van der Waals surface area (Å²) in [6, 6.07) is 14.6. The topological polar surface area (TPSA) is 103 Å². The molecule has 0 aliphatic heterocycles. The molecule has 8 nitrogen and oxygen atoms in total. The first kappa shape index (κ1) is 23.7. The molecule has 2 aromatic heterocycles. The van der Waals surface area contributed by atoms with Crippen molar-refractivity contribution in [1.29, 1.82) is 0 Å². The summed E-state index contributed by atoms with van der Waals surface area (Å²) in [7, 11) is -4.04. The molecule has 0 radical (unpaired) electrons. The largest absolute Gasteiger partial charge is 0.487 e. The Kier molecular flexibility index (Phi) is 5.41. The molecule has 2 aliphatic rings. The first-order valence-electron chi connectivity index (χ1n) is 12.2. The van der Waals surface area contributed by atoms with Gasteiger partial charge in [-0.05, 0) is 49.9 Å². The molecule has 2 aromatic carbocycles. The molecular formula is C27H26FN3O5S. The molecule has 192 valence electrons. The van der Waals surface area contributed by atoms with Crippen LogP contribution in [0.25, 0.3) is 10.9 Å². The summed E-state index contributed by atoms with van der Waals surface area (Å²) in [6.07, 6.45) is 3.75. The molecule has 2 fully saturated rings. The zero-order chi connectivity index (χ0) is 25.8. The van der Waals surface area contributed by atoms with Gasteiger partial charge in [-0.25, -0.2) is 16.8 Å². The second-order valence-corrected chi connectivity index (χ2v) is 11.9. The molecule has 0 saturated heterocycles. The van der Waals surface area contributed by atoms with Crippen molar-refractivity contribution in [2.45, 2.75) is 56.3 Å². The normalized spacial score (nSPS) is 17.5. The minimum atomic E-state index is -4.04. The van der Waals surface area contributed by atoms with Crippen molar-refractivity contribution in [3.8, 4) is 5.75 Å². The van der Waals surface area contributed by atoms with Crippen LogP contribution >= 0.6 is 0 Å². The highest BCUT2D eigenvalue weighted by Gasteiger charge is 2.47. The number of rotatable bonds is 9. The predicted octanol–water partition coefficient (Wildman–Crippen LogP) is 4.82. The third kappa shape index (κ3) is 4.29. The number of amides is 1. The molecule has 0 spiro atoms. The molecule has 2 saturated carbocycles. The maximum Gasteiger partial charge on any atom is 0.268 e. The molecule has 0 unspecified atom stereocenters. The summed E-state index contributed by atoms with van der Waals surface area (Å²) in [5, 5.41) is 7.28. The van der Waals surface area contributed by atoms with Gasteiger partial charge in [0.15, 0.2) is 0 Å². The Morgan fingerprint density at radius 3 is 2.54 bits per heavy atom. The van der Waals surface area contributed by atoms with Gasteiger partial charge in [0.1, 0.15) is 30.0 Å². The number of halogens is 1.